The summed E-state index contributed by atoms with van der Waals surface area (Å²) in [6.07, 6.45) is 0.216. The summed E-state index contributed by atoms with van der Waals surface area (Å²) in [5, 5.41) is 0. The summed E-state index contributed by atoms with van der Waals surface area (Å²) in [5.74, 6) is -0.357. The molecule has 1 fully saturated rings. The van der Waals surface area contributed by atoms with Gasteiger partial charge >= 0.3 is 5.97 Å². The van der Waals surface area contributed by atoms with Crippen LogP contribution in [0.3, 0.4) is 0 Å². The highest BCUT2D eigenvalue weighted by Crippen LogP contribution is 2.04. The summed E-state index contributed by atoms with van der Waals surface area (Å²) in [5.41, 5.74) is 5.65. The fourth-order valence-corrected chi connectivity index (χ4v) is 1.56. The molecule has 0 aromatic rings. The highest BCUT2D eigenvalue weighted by atomic mass is 16.5. The molecule has 0 amide bonds. The summed E-state index contributed by atoms with van der Waals surface area (Å²) in [4.78, 5) is 13.2. The van der Waals surface area contributed by atoms with Crippen LogP contribution in [0.4, 0.5) is 0 Å². The van der Waals surface area contributed by atoms with Gasteiger partial charge in [-0.05, 0) is 6.92 Å². The van der Waals surface area contributed by atoms with E-state index in [2.05, 4.69) is 9.64 Å². The lowest BCUT2D eigenvalue weighted by atomic mass is 10.2. The Morgan fingerprint density at radius 2 is 2.50 bits per heavy atom. The van der Waals surface area contributed by atoms with Crippen LogP contribution < -0.4 is 5.73 Å². The van der Waals surface area contributed by atoms with Gasteiger partial charge in [-0.3, -0.25) is 9.69 Å². The van der Waals surface area contributed by atoms with E-state index in [0.29, 0.717) is 13.2 Å². The number of carbonyl (C=O) groups is 1. The largest absolute Gasteiger partial charge is 0.468 e. The minimum absolute atomic E-state index is 0.216. The van der Waals surface area contributed by atoms with Crippen molar-refractivity contribution in [2.24, 2.45) is 5.73 Å². The van der Waals surface area contributed by atoms with Gasteiger partial charge in [0.05, 0.1) is 19.8 Å². The SMILES string of the molecule is COC(=O)C(N)CN1CCOC(C)C1. The summed E-state index contributed by atoms with van der Waals surface area (Å²) < 4.78 is 9.94. The molecule has 0 aromatic carbocycles. The van der Waals surface area contributed by atoms with Gasteiger partial charge in [0, 0.05) is 19.6 Å². The lowest BCUT2D eigenvalue weighted by molar-refractivity contribution is -0.143. The van der Waals surface area contributed by atoms with Crippen LogP contribution in [0.2, 0.25) is 0 Å². The molecule has 0 bridgehead atoms. The molecule has 0 aromatic heterocycles. The molecule has 5 nitrogen and oxygen atoms in total. The van der Waals surface area contributed by atoms with Crippen molar-refractivity contribution >= 4 is 5.97 Å². The first-order valence-electron chi connectivity index (χ1n) is 4.81. The van der Waals surface area contributed by atoms with Crippen LogP contribution in [0.15, 0.2) is 0 Å². The van der Waals surface area contributed by atoms with E-state index < -0.39 is 6.04 Å². The molecule has 1 heterocycles. The second-order valence-electron chi connectivity index (χ2n) is 3.57. The van der Waals surface area contributed by atoms with Gasteiger partial charge in [0.2, 0.25) is 0 Å². The third-order valence-electron chi connectivity index (χ3n) is 2.28. The van der Waals surface area contributed by atoms with Crippen LogP contribution in [-0.2, 0) is 14.3 Å². The number of nitrogens with zero attached hydrogens (tertiary/aromatic N) is 1. The molecule has 1 aliphatic rings. The van der Waals surface area contributed by atoms with Crippen molar-refractivity contribution in [3.05, 3.63) is 0 Å². The maximum absolute atomic E-state index is 11.1. The Kier molecular flexibility index (Phi) is 4.31. The van der Waals surface area contributed by atoms with Crippen LogP contribution in [0.5, 0.6) is 0 Å². The first-order chi connectivity index (χ1) is 6.63. The number of carbonyl (C=O) groups excluding carboxylic acids is 1. The zero-order chi connectivity index (χ0) is 10.6. The van der Waals surface area contributed by atoms with Crippen LogP contribution in [0, 0.1) is 0 Å². The van der Waals surface area contributed by atoms with E-state index in [1.165, 1.54) is 7.11 Å². The van der Waals surface area contributed by atoms with E-state index in [4.69, 9.17) is 10.5 Å². The molecule has 5 heteroatoms. The molecule has 82 valence electrons. The Labute approximate surface area is 84.1 Å². The van der Waals surface area contributed by atoms with Gasteiger partial charge in [0.25, 0.3) is 0 Å². The molecule has 2 N–H and O–H groups in total. The Hall–Kier alpha value is -0.650. The molecule has 0 radical (unpaired) electrons. The van der Waals surface area contributed by atoms with E-state index in [1.807, 2.05) is 6.92 Å². The van der Waals surface area contributed by atoms with Crippen molar-refractivity contribution in [1.29, 1.82) is 0 Å². The Morgan fingerprint density at radius 1 is 1.79 bits per heavy atom. The molecular formula is C9H18N2O3. The second kappa shape index (κ2) is 5.29. The number of methoxy groups -OCH3 is 1. The van der Waals surface area contributed by atoms with Crippen molar-refractivity contribution in [1.82, 2.24) is 4.90 Å². The van der Waals surface area contributed by atoms with Crippen LogP contribution >= 0.6 is 0 Å². The maximum Gasteiger partial charge on any atom is 0.323 e. The van der Waals surface area contributed by atoms with Crippen molar-refractivity contribution in [2.75, 3.05) is 33.4 Å². The lowest BCUT2D eigenvalue weighted by Crippen LogP contribution is -2.49. The minimum atomic E-state index is -0.551. The number of esters is 1. The highest BCUT2D eigenvalue weighted by molar-refractivity contribution is 5.75. The maximum atomic E-state index is 11.1. The van der Waals surface area contributed by atoms with Crippen LogP contribution in [-0.4, -0.2) is 56.4 Å². The number of ether oxygens (including phenoxy) is 2. The quantitative estimate of drug-likeness (QED) is 0.607. The predicted molar refractivity (Wildman–Crippen MR) is 51.8 cm³/mol. The summed E-state index contributed by atoms with van der Waals surface area (Å²) in [7, 11) is 1.35. The number of rotatable bonds is 3. The first kappa shape index (κ1) is 11.4. The van der Waals surface area contributed by atoms with E-state index >= 15 is 0 Å². The third-order valence-corrected chi connectivity index (χ3v) is 2.28. The molecular weight excluding hydrogens is 184 g/mol. The van der Waals surface area contributed by atoms with Crippen molar-refractivity contribution in [2.45, 2.75) is 19.1 Å². The average molecular weight is 202 g/mol. The Bertz CT molecular complexity index is 198. The van der Waals surface area contributed by atoms with Gasteiger partial charge in [-0.2, -0.15) is 0 Å². The Balaban J connectivity index is 2.32. The molecule has 1 aliphatic heterocycles. The number of morpholine rings is 1. The number of nitrogens with two attached hydrogens (primary N) is 1. The molecule has 1 rings (SSSR count). The van der Waals surface area contributed by atoms with E-state index in [-0.39, 0.29) is 12.1 Å². The fourth-order valence-electron chi connectivity index (χ4n) is 1.56. The van der Waals surface area contributed by atoms with Gasteiger partial charge in [0.1, 0.15) is 6.04 Å². The smallest absolute Gasteiger partial charge is 0.323 e. The summed E-state index contributed by atoms with van der Waals surface area (Å²) >= 11 is 0. The van der Waals surface area contributed by atoms with Crippen molar-refractivity contribution in [3.63, 3.8) is 0 Å². The van der Waals surface area contributed by atoms with Crippen molar-refractivity contribution in [3.8, 4) is 0 Å². The second-order valence-corrected chi connectivity index (χ2v) is 3.57. The van der Waals surface area contributed by atoms with Gasteiger partial charge in [-0.1, -0.05) is 0 Å². The zero-order valence-electron chi connectivity index (χ0n) is 8.73. The number of hydrogen-bond donors (Lipinski definition) is 1. The van der Waals surface area contributed by atoms with Crippen LogP contribution in [0.1, 0.15) is 6.92 Å². The van der Waals surface area contributed by atoms with Crippen molar-refractivity contribution < 1.29 is 14.3 Å². The number of hydrogen-bond acceptors (Lipinski definition) is 5. The van der Waals surface area contributed by atoms with Crippen LogP contribution in [0.25, 0.3) is 0 Å². The minimum Gasteiger partial charge on any atom is -0.468 e. The first-order valence-corrected chi connectivity index (χ1v) is 4.81. The third kappa shape index (κ3) is 3.25. The van der Waals surface area contributed by atoms with Gasteiger partial charge in [0.15, 0.2) is 0 Å². The van der Waals surface area contributed by atoms with E-state index in [9.17, 15) is 4.79 Å². The molecule has 2 atom stereocenters. The summed E-state index contributed by atoms with van der Waals surface area (Å²) in [6.45, 7) is 4.91. The molecule has 0 saturated carbocycles. The summed E-state index contributed by atoms with van der Waals surface area (Å²) in [6, 6.07) is -0.551. The molecule has 14 heavy (non-hydrogen) atoms. The Morgan fingerprint density at radius 3 is 3.07 bits per heavy atom. The molecule has 0 spiro atoms. The lowest BCUT2D eigenvalue weighted by Gasteiger charge is -2.32. The van der Waals surface area contributed by atoms with Gasteiger partial charge in [-0.15, -0.1) is 0 Å². The predicted octanol–water partition coefficient (Wildman–Crippen LogP) is -0.793. The van der Waals surface area contributed by atoms with E-state index in [1.54, 1.807) is 0 Å². The molecule has 1 saturated heterocycles. The monoisotopic (exact) mass is 202 g/mol. The zero-order valence-corrected chi connectivity index (χ0v) is 8.73. The van der Waals surface area contributed by atoms with E-state index in [0.717, 1.165) is 13.1 Å². The fraction of sp³-hybridized carbons (Fsp3) is 0.889. The average Bonchev–Trinajstić information content (AvgIpc) is 2.16. The molecule has 2 unspecified atom stereocenters. The van der Waals surface area contributed by atoms with Gasteiger partial charge < -0.3 is 15.2 Å². The normalized spacial score (nSPS) is 25.8. The molecule has 0 aliphatic carbocycles. The standard InChI is InChI=1S/C9H18N2O3/c1-7-5-11(3-4-14-7)6-8(10)9(12)13-2/h7-8H,3-6,10H2,1-2H3. The highest BCUT2D eigenvalue weighted by Gasteiger charge is 2.22. The van der Waals surface area contributed by atoms with Gasteiger partial charge in [-0.25, -0.2) is 0 Å². The topological polar surface area (TPSA) is 64.8 Å².